The molecule has 1 atom stereocenters. The molecule has 1 aliphatic heterocycles. The van der Waals surface area contributed by atoms with E-state index in [1.165, 1.54) is 28.1 Å². The first-order chi connectivity index (χ1) is 13.8. The Morgan fingerprint density at radius 3 is 2.34 bits per heavy atom. The number of hydrogen-bond donors (Lipinski definition) is 0. The molecule has 1 heterocycles. The highest BCUT2D eigenvalue weighted by Crippen LogP contribution is 2.26. The summed E-state index contributed by atoms with van der Waals surface area (Å²) in [4.78, 5) is 12.8. The van der Waals surface area contributed by atoms with Gasteiger partial charge in [-0.2, -0.15) is 4.31 Å². The molecule has 1 fully saturated rings. The van der Waals surface area contributed by atoms with Crippen molar-refractivity contribution in [2.75, 3.05) is 26.2 Å². The van der Waals surface area contributed by atoms with Crippen LogP contribution in [-0.4, -0.2) is 54.8 Å². The largest absolute Gasteiger partial charge is 0.298 e. The molecule has 2 aromatic carbocycles. The summed E-state index contributed by atoms with van der Waals surface area (Å²) in [5.41, 5.74) is 1.62. The minimum absolute atomic E-state index is 0.0253. The Hall–Kier alpha value is -2.29. The van der Waals surface area contributed by atoms with Crippen LogP contribution in [0.25, 0.3) is 0 Å². The van der Waals surface area contributed by atoms with E-state index < -0.39 is 14.9 Å². The zero-order valence-electron chi connectivity index (χ0n) is 16.8. The molecule has 0 amide bonds. The standard InChI is InChI=1S/C21H27N3O4S/c1-17-8-11-20(24(25)26)16-21(17)29(27,28)23-14-12-22(13-15-23)18(2)9-10-19-6-4-3-5-7-19/h3-8,11,16,18H,9-10,12-15H2,1-2H3. The van der Waals surface area contributed by atoms with Crippen LogP contribution in [0.4, 0.5) is 5.69 Å². The van der Waals surface area contributed by atoms with E-state index in [9.17, 15) is 18.5 Å². The van der Waals surface area contributed by atoms with Crippen LogP contribution < -0.4 is 0 Å². The number of nitro groups is 1. The summed E-state index contributed by atoms with van der Waals surface area (Å²) < 4.78 is 27.6. The molecule has 156 valence electrons. The Bertz CT molecular complexity index is 955. The molecule has 0 radical (unpaired) electrons. The fourth-order valence-electron chi connectivity index (χ4n) is 3.71. The SMILES string of the molecule is Cc1ccc([N+](=O)[O-])cc1S(=O)(=O)N1CCN(C(C)CCc2ccccc2)CC1. The third-order valence-electron chi connectivity index (χ3n) is 5.59. The lowest BCUT2D eigenvalue weighted by atomic mass is 10.0. The van der Waals surface area contributed by atoms with Crippen LogP contribution >= 0.6 is 0 Å². The first-order valence-electron chi connectivity index (χ1n) is 9.82. The number of sulfonamides is 1. The molecular weight excluding hydrogens is 390 g/mol. The third-order valence-corrected chi connectivity index (χ3v) is 7.63. The normalized spacial score (nSPS) is 17.2. The van der Waals surface area contributed by atoms with Gasteiger partial charge in [-0.15, -0.1) is 0 Å². The second-order valence-corrected chi connectivity index (χ2v) is 9.43. The quantitative estimate of drug-likeness (QED) is 0.510. The van der Waals surface area contributed by atoms with Gasteiger partial charge in [0.05, 0.1) is 9.82 Å². The van der Waals surface area contributed by atoms with Crippen molar-refractivity contribution in [2.24, 2.45) is 0 Å². The molecule has 29 heavy (non-hydrogen) atoms. The molecule has 7 nitrogen and oxygen atoms in total. The Morgan fingerprint density at radius 1 is 1.07 bits per heavy atom. The fraction of sp³-hybridized carbons (Fsp3) is 0.429. The summed E-state index contributed by atoms with van der Waals surface area (Å²) in [5.74, 6) is 0. The molecule has 1 unspecified atom stereocenters. The first kappa shape index (κ1) is 21.4. The van der Waals surface area contributed by atoms with Crippen LogP contribution in [0.5, 0.6) is 0 Å². The van der Waals surface area contributed by atoms with Crippen molar-refractivity contribution >= 4 is 15.7 Å². The van der Waals surface area contributed by atoms with Crippen LogP contribution in [0.1, 0.15) is 24.5 Å². The van der Waals surface area contributed by atoms with E-state index in [4.69, 9.17) is 0 Å². The zero-order valence-corrected chi connectivity index (χ0v) is 17.6. The molecule has 0 bridgehead atoms. The molecule has 2 aromatic rings. The van der Waals surface area contributed by atoms with Gasteiger partial charge in [0.25, 0.3) is 5.69 Å². The molecule has 0 spiro atoms. The summed E-state index contributed by atoms with van der Waals surface area (Å²) in [6.45, 7) is 5.93. The third kappa shape index (κ3) is 5.01. The zero-order chi connectivity index (χ0) is 21.0. The first-order valence-corrected chi connectivity index (χ1v) is 11.3. The Morgan fingerprint density at radius 2 is 1.72 bits per heavy atom. The number of aryl methyl sites for hydroxylation is 2. The van der Waals surface area contributed by atoms with Gasteiger partial charge in [0.2, 0.25) is 10.0 Å². The smallest absolute Gasteiger partial charge is 0.270 e. The average Bonchev–Trinajstić information content (AvgIpc) is 2.73. The molecule has 3 rings (SSSR count). The van der Waals surface area contributed by atoms with E-state index in [1.54, 1.807) is 6.92 Å². The maximum absolute atomic E-state index is 13.1. The number of hydrogen-bond acceptors (Lipinski definition) is 5. The number of benzene rings is 2. The lowest BCUT2D eigenvalue weighted by Gasteiger charge is -2.37. The average molecular weight is 418 g/mol. The van der Waals surface area contributed by atoms with Crippen molar-refractivity contribution < 1.29 is 13.3 Å². The van der Waals surface area contributed by atoms with E-state index in [-0.39, 0.29) is 10.6 Å². The maximum atomic E-state index is 13.1. The second-order valence-electron chi connectivity index (χ2n) is 7.52. The van der Waals surface area contributed by atoms with E-state index in [2.05, 4.69) is 24.0 Å². The molecule has 1 saturated heterocycles. The van der Waals surface area contributed by atoms with Gasteiger partial charge in [-0.1, -0.05) is 36.4 Å². The van der Waals surface area contributed by atoms with Crippen LogP contribution in [0.15, 0.2) is 53.4 Å². The van der Waals surface area contributed by atoms with Gasteiger partial charge in [-0.05, 0) is 37.8 Å². The highest BCUT2D eigenvalue weighted by atomic mass is 32.2. The van der Waals surface area contributed by atoms with Crippen molar-refractivity contribution in [1.29, 1.82) is 0 Å². The van der Waals surface area contributed by atoms with E-state index >= 15 is 0 Å². The minimum atomic E-state index is -3.75. The van der Waals surface area contributed by atoms with Gasteiger partial charge in [0.15, 0.2) is 0 Å². The lowest BCUT2D eigenvalue weighted by Crippen LogP contribution is -2.51. The summed E-state index contributed by atoms with van der Waals surface area (Å²) in [7, 11) is -3.75. The van der Waals surface area contributed by atoms with Gasteiger partial charge in [0.1, 0.15) is 0 Å². The predicted octanol–water partition coefficient (Wildman–Crippen LogP) is 3.23. The van der Waals surface area contributed by atoms with E-state index in [0.29, 0.717) is 37.8 Å². The van der Waals surface area contributed by atoms with E-state index in [0.717, 1.165) is 12.8 Å². The maximum Gasteiger partial charge on any atom is 0.270 e. The molecule has 0 saturated carbocycles. The van der Waals surface area contributed by atoms with Gasteiger partial charge >= 0.3 is 0 Å². The number of nitrogens with zero attached hydrogens (tertiary/aromatic N) is 3. The van der Waals surface area contributed by atoms with Crippen LogP contribution in [0, 0.1) is 17.0 Å². The van der Waals surface area contributed by atoms with E-state index in [1.807, 2.05) is 18.2 Å². The van der Waals surface area contributed by atoms with Crippen molar-refractivity contribution in [3.8, 4) is 0 Å². The topological polar surface area (TPSA) is 83.8 Å². The Labute approximate surface area is 172 Å². The Kier molecular flexibility index (Phi) is 6.66. The number of non-ortho nitro benzene ring substituents is 1. The molecule has 0 aromatic heterocycles. The summed E-state index contributed by atoms with van der Waals surface area (Å²) in [6, 6.07) is 14.7. The second kappa shape index (κ2) is 9.02. The number of piperazine rings is 1. The predicted molar refractivity (Wildman–Crippen MR) is 112 cm³/mol. The van der Waals surface area contributed by atoms with Crippen molar-refractivity contribution in [2.45, 2.75) is 37.6 Å². The van der Waals surface area contributed by atoms with Gasteiger partial charge in [-0.25, -0.2) is 8.42 Å². The van der Waals surface area contributed by atoms with Gasteiger partial charge in [0, 0.05) is 44.4 Å². The molecular formula is C21H27N3O4S. The summed E-state index contributed by atoms with van der Waals surface area (Å²) in [5, 5.41) is 11.0. The fourth-order valence-corrected chi connectivity index (χ4v) is 5.37. The minimum Gasteiger partial charge on any atom is -0.298 e. The number of nitro benzene ring substituents is 1. The van der Waals surface area contributed by atoms with Crippen molar-refractivity contribution in [3.63, 3.8) is 0 Å². The van der Waals surface area contributed by atoms with Crippen molar-refractivity contribution in [3.05, 3.63) is 69.8 Å². The molecule has 0 N–H and O–H groups in total. The molecule has 1 aliphatic rings. The highest BCUT2D eigenvalue weighted by molar-refractivity contribution is 7.89. The monoisotopic (exact) mass is 417 g/mol. The lowest BCUT2D eigenvalue weighted by molar-refractivity contribution is -0.385. The van der Waals surface area contributed by atoms with Gasteiger partial charge in [-0.3, -0.25) is 15.0 Å². The van der Waals surface area contributed by atoms with Crippen LogP contribution in [0.3, 0.4) is 0 Å². The molecule has 8 heteroatoms. The number of rotatable bonds is 7. The van der Waals surface area contributed by atoms with Crippen LogP contribution in [-0.2, 0) is 16.4 Å². The summed E-state index contributed by atoms with van der Waals surface area (Å²) >= 11 is 0. The van der Waals surface area contributed by atoms with Gasteiger partial charge < -0.3 is 0 Å². The Balaban J connectivity index is 1.62. The van der Waals surface area contributed by atoms with Crippen molar-refractivity contribution in [1.82, 2.24) is 9.21 Å². The van der Waals surface area contributed by atoms with Crippen LogP contribution in [0.2, 0.25) is 0 Å². The molecule has 0 aliphatic carbocycles. The summed E-state index contributed by atoms with van der Waals surface area (Å²) in [6.07, 6.45) is 2.01. The highest BCUT2D eigenvalue weighted by Gasteiger charge is 2.31.